The lowest BCUT2D eigenvalue weighted by Crippen LogP contribution is -2.28. The third-order valence-corrected chi connectivity index (χ3v) is 4.28. The van der Waals surface area contributed by atoms with Crippen LogP contribution in [-0.4, -0.2) is 30.1 Å². The van der Waals surface area contributed by atoms with E-state index in [4.69, 9.17) is 13.9 Å². The fourth-order valence-electron chi connectivity index (χ4n) is 2.43. The Morgan fingerprint density at radius 2 is 1.69 bits per heavy atom. The highest BCUT2D eigenvalue weighted by Gasteiger charge is 2.30. The Morgan fingerprint density at radius 1 is 1.12 bits per heavy atom. The number of halogens is 1. The van der Waals surface area contributed by atoms with E-state index in [0.29, 0.717) is 22.7 Å². The number of carbonyl (C=O) groups excluding carboxylic acids is 2. The fourth-order valence-corrected chi connectivity index (χ4v) is 2.93. The van der Waals surface area contributed by atoms with E-state index in [0.717, 1.165) is 11.1 Å². The molecule has 140 valence electrons. The second-order valence-electron chi connectivity index (χ2n) is 5.69. The Bertz CT molecular complexity index is 736. The van der Waals surface area contributed by atoms with Crippen LogP contribution < -0.4 is 0 Å². The van der Waals surface area contributed by atoms with E-state index in [1.165, 1.54) is 0 Å². The van der Waals surface area contributed by atoms with Crippen molar-refractivity contribution in [2.24, 2.45) is 5.92 Å². The van der Waals surface area contributed by atoms with Crippen LogP contribution >= 0.6 is 15.9 Å². The molecule has 0 atom stereocenters. The first-order valence-electron chi connectivity index (χ1n) is 8.51. The Hall–Kier alpha value is -2.15. The molecule has 0 radical (unpaired) electrons. The van der Waals surface area contributed by atoms with Crippen LogP contribution in [0.15, 0.2) is 33.4 Å². The normalized spacial score (nSPS) is 10.8. The molecule has 0 unspecified atom stereocenters. The van der Waals surface area contributed by atoms with Crippen molar-refractivity contribution in [1.29, 1.82) is 0 Å². The van der Waals surface area contributed by atoms with Crippen LogP contribution in [0.25, 0.3) is 11.3 Å². The highest BCUT2D eigenvalue weighted by atomic mass is 79.9. The molecule has 2 rings (SSSR count). The standard InChI is InChI=1S/C19H22BrNO5/c1-4-24-18(22)14(19(23)25-5-2)10-11-15-21-16(17(20)26-15)13-8-6-12(3)7-9-13/h6-9,14H,4-5,10-11H2,1-3H3. The largest absolute Gasteiger partial charge is 0.465 e. The van der Waals surface area contributed by atoms with Crippen LogP contribution in [0.4, 0.5) is 0 Å². The minimum Gasteiger partial charge on any atom is -0.465 e. The fraction of sp³-hybridized carbons (Fsp3) is 0.421. The van der Waals surface area contributed by atoms with Gasteiger partial charge < -0.3 is 13.9 Å². The van der Waals surface area contributed by atoms with Crippen LogP contribution in [-0.2, 0) is 25.5 Å². The molecule has 0 N–H and O–H groups in total. The first kappa shape index (κ1) is 20.2. The summed E-state index contributed by atoms with van der Waals surface area (Å²) in [5.41, 5.74) is 2.76. The lowest BCUT2D eigenvalue weighted by atomic mass is 10.0. The van der Waals surface area contributed by atoms with Crippen LogP contribution in [0.2, 0.25) is 0 Å². The summed E-state index contributed by atoms with van der Waals surface area (Å²) in [6.07, 6.45) is 0.519. The molecule has 0 aliphatic carbocycles. The van der Waals surface area contributed by atoms with Crippen LogP contribution in [0, 0.1) is 12.8 Å². The van der Waals surface area contributed by atoms with Gasteiger partial charge in [0.15, 0.2) is 16.5 Å². The molecular formula is C19H22BrNO5. The van der Waals surface area contributed by atoms with Gasteiger partial charge in [-0.3, -0.25) is 9.59 Å². The number of hydrogen-bond acceptors (Lipinski definition) is 6. The van der Waals surface area contributed by atoms with Gasteiger partial charge in [0, 0.05) is 12.0 Å². The maximum atomic E-state index is 12.0. The number of aromatic nitrogens is 1. The number of hydrogen-bond donors (Lipinski definition) is 0. The van der Waals surface area contributed by atoms with Crippen LogP contribution in [0.1, 0.15) is 31.7 Å². The third-order valence-electron chi connectivity index (χ3n) is 3.74. The van der Waals surface area contributed by atoms with Gasteiger partial charge in [-0.05, 0) is 43.1 Å². The molecule has 1 aromatic heterocycles. The van der Waals surface area contributed by atoms with E-state index in [1.807, 2.05) is 31.2 Å². The highest BCUT2D eigenvalue weighted by molar-refractivity contribution is 9.10. The molecule has 0 aliphatic rings. The molecule has 0 aliphatic heterocycles. The first-order chi connectivity index (χ1) is 12.5. The first-order valence-corrected chi connectivity index (χ1v) is 9.31. The van der Waals surface area contributed by atoms with Crippen molar-refractivity contribution in [3.8, 4) is 11.3 Å². The molecule has 1 heterocycles. The molecular weight excluding hydrogens is 402 g/mol. The van der Waals surface area contributed by atoms with E-state index in [1.54, 1.807) is 13.8 Å². The Balaban J connectivity index is 2.11. The second kappa shape index (κ2) is 9.52. The van der Waals surface area contributed by atoms with Crippen molar-refractivity contribution in [2.45, 2.75) is 33.6 Å². The van der Waals surface area contributed by atoms with Gasteiger partial charge in [0.25, 0.3) is 0 Å². The Labute approximate surface area is 161 Å². The van der Waals surface area contributed by atoms with E-state index in [9.17, 15) is 9.59 Å². The molecule has 0 spiro atoms. The van der Waals surface area contributed by atoms with Gasteiger partial charge >= 0.3 is 11.9 Å². The van der Waals surface area contributed by atoms with Gasteiger partial charge in [-0.2, -0.15) is 0 Å². The predicted octanol–water partition coefficient (Wildman–Crippen LogP) is 4.09. The minimum atomic E-state index is -0.983. The topological polar surface area (TPSA) is 78.6 Å². The summed E-state index contributed by atoms with van der Waals surface area (Å²) >= 11 is 3.37. The molecule has 0 saturated carbocycles. The molecule has 0 saturated heterocycles. The van der Waals surface area contributed by atoms with E-state index < -0.39 is 17.9 Å². The maximum absolute atomic E-state index is 12.0. The number of carbonyl (C=O) groups is 2. The van der Waals surface area contributed by atoms with Crippen molar-refractivity contribution in [3.63, 3.8) is 0 Å². The summed E-state index contributed by atoms with van der Waals surface area (Å²) in [6, 6.07) is 7.91. The number of oxazole rings is 1. The average Bonchev–Trinajstić information content (AvgIpc) is 2.97. The number of esters is 2. The Morgan fingerprint density at radius 3 is 2.23 bits per heavy atom. The second-order valence-corrected chi connectivity index (χ2v) is 6.41. The zero-order valence-corrected chi connectivity index (χ0v) is 16.7. The predicted molar refractivity (Wildman–Crippen MR) is 99.5 cm³/mol. The molecule has 7 heteroatoms. The summed E-state index contributed by atoms with van der Waals surface area (Å²) in [5.74, 6) is -1.72. The molecule has 2 aromatic rings. The monoisotopic (exact) mass is 423 g/mol. The molecule has 0 bridgehead atoms. The quantitative estimate of drug-likeness (QED) is 0.469. The zero-order valence-electron chi connectivity index (χ0n) is 15.1. The summed E-state index contributed by atoms with van der Waals surface area (Å²) < 4.78 is 16.1. The number of nitrogens with zero attached hydrogens (tertiary/aromatic N) is 1. The lowest BCUT2D eigenvalue weighted by Gasteiger charge is -2.13. The third kappa shape index (κ3) is 5.17. The van der Waals surface area contributed by atoms with E-state index in [2.05, 4.69) is 20.9 Å². The lowest BCUT2D eigenvalue weighted by molar-refractivity contribution is -0.161. The van der Waals surface area contributed by atoms with Crippen molar-refractivity contribution >= 4 is 27.9 Å². The van der Waals surface area contributed by atoms with Crippen molar-refractivity contribution in [2.75, 3.05) is 13.2 Å². The number of ether oxygens (including phenoxy) is 2. The smallest absolute Gasteiger partial charge is 0.320 e. The van der Waals surface area contributed by atoms with E-state index >= 15 is 0 Å². The molecule has 26 heavy (non-hydrogen) atoms. The minimum absolute atomic E-state index is 0.205. The summed E-state index contributed by atoms with van der Waals surface area (Å²) in [4.78, 5) is 28.5. The van der Waals surface area contributed by atoms with Crippen molar-refractivity contribution in [3.05, 3.63) is 40.4 Å². The maximum Gasteiger partial charge on any atom is 0.320 e. The number of aryl methyl sites for hydroxylation is 2. The zero-order chi connectivity index (χ0) is 19.1. The summed E-state index contributed by atoms with van der Waals surface area (Å²) in [6.45, 7) is 5.81. The average molecular weight is 424 g/mol. The Kier molecular flexibility index (Phi) is 7.38. The van der Waals surface area contributed by atoms with Gasteiger partial charge in [0.2, 0.25) is 0 Å². The SMILES string of the molecule is CCOC(=O)C(CCc1nc(-c2ccc(C)cc2)c(Br)o1)C(=O)OCC. The van der Waals surface area contributed by atoms with Crippen molar-refractivity contribution in [1.82, 2.24) is 4.98 Å². The van der Waals surface area contributed by atoms with Crippen LogP contribution in [0.5, 0.6) is 0 Å². The highest BCUT2D eigenvalue weighted by Crippen LogP contribution is 2.29. The molecule has 0 amide bonds. The van der Waals surface area contributed by atoms with Gasteiger partial charge in [-0.1, -0.05) is 29.8 Å². The van der Waals surface area contributed by atoms with Gasteiger partial charge in [-0.15, -0.1) is 0 Å². The van der Waals surface area contributed by atoms with Gasteiger partial charge in [-0.25, -0.2) is 4.98 Å². The molecule has 0 fully saturated rings. The summed E-state index contributed by atoms with van der Waals surface area (Å²) in [7, 11) is 0. The van der Waals surface area contributed by atoms with Gasteiger partial charge in [0.05, 0.1) is 13.2 Å². The van der Waals surface area contributed by atoms with Crippen LogP contribution in [0.3, 0.4) is 0 Å². The van der Waals surface area contributed by atoms with E-state index in [-0.39, 0.29) is 19.6 Å². The van der Waals surface area contributed by atoms with Crippen molar-refractivity contribution < 1.29 is 23.5 Å². The summed E-state index contributed by atoms with van der Waals surface area (Å²) in [5, 5.41) is 0. The molecule has 6 nitrogen and oxygen atoms in total. The van der Waals surface area contributed by atoms with Gasteiger partial charge in [0.1, 0.15) is 5.69 Å². The molecule has 1 aromatic carbocycles. The number of rotatable bonds is 8. The number of benzene rings is 1.